The summed E-state index contributed by atoms with van der Waals surface area (Å²) in [6.45, 7) is 5.76. The molecular weight excluding hydrogens is 240 g/mol. The SMILES string of the molecule is CCOCCCC(=O)N1CCNCc2ccccc21. The molecule has 1 amide bonds. The highest BCUT2D eigenvalue weighted by Gasteiger charge is 2.19. The molecule has 1 aliphatic heterocycles. The van der Waals surface area contributed by atoms with E-state index in [-0.39, 0.29) is 5.91 Å². The van der Waals surface area contributed by atoms with Gasteiger partial charge in [0.2, 0.25) is 5.91 Å². The summed E-state index contributed by atoms with van der Waals surface area (Å²) in [5.41, 5.74) is 2.24. The zero-order valence-corrected chi connectivity index (χ0v) is 11.5. The lowest BCUT2D eigenvalue weighted by molar-refractivity contribution is -0.118. The summed E-state index contributed by atoms with van der Waals surface area (Å²) in [4.78, 5) is 14.2. The first-order valence-electron chi connectivity index (χ1n) is 6.99. The third-order valence-electron chi connectivity index (χ3n) is 3.29. The van der Waals surface area contributed by atoms with E-state index in [9.17, 15) is 4.79 Å². The molecule has 0 saturated carbocycles. The summed E-state index contributed by atoms with van der Waals surface area (Å²) in [6, 6.07) is 8.12. The van der Waals surface area contributed by atoms with Crippen LogP contribution in [0.1, 0.15) is 25.3 Å². The van der Waals surface area contributed by atoms with Crippen LogP contribution in [-0.4, -0.2) is 32.2 Å². The van der Waals surface area contributed by atoms with Gasteiger partial charge >= 0.3 is 0 Å². The Labute approximate surface area is 114 Å². The van der Waals surface area contributed by atoms with Crippen LogP contribution in [0.15, 0.2) is 24.3 Å². The molecule has 0 spiro atoms. The molecule has 1 heterocycles. The van der Waals surface area contributed by atoms with Gasteiger partial charge in [0.05, 0.1) is 0 Å². The number of anilines is 1. The molecule has 1 aromatic rings. The van der Waals surface area contributed by atoms with E-state index in [0.717, 1.165) is 31.7 Å². The molecule has 104 valence electrons. The maximum Gasteiger partial charge on any atom is 0.227 e. The zero-order valence-electron chi connectivity index (χ0n) is 11.5. The number of ether oxygens (including phenoxy) is 1. The second-order valence-corrected chi connectivity index (χ2v) is 4.65. The fourth-order valence-corrected chi connectivity index (χ4v) is 2.32. The van der Waals surface area contributed by atoms with E-state index in [1.807, 2.05) is 30.0 Å². The third-order valence-corrected chi connectivity index (χ3v) is 3.29. The summed E-state index contributed by atoms with van der Waals surface area (Å²) in [5.74, 6) is 0.191. The Bertz CT molecular complexity index is 420. The highest BCUT2D eigenvalue weighted by atomic mass is 16.5. The minimum atomic E-state index is 0.191. The lowest BCUT2D eigenvalue weighted by Crippen LogP contribution is -2.34. The predicted octanol–water partition coefficient (Wildman–Crippen LogP) is 1.94. The van der Waals surface area contributed by atoms with Crippen molar-refractivity contribution in [2.45, 2.75) is 26.3 Å². The smallest absolute Gasteiger partial charge is 0.227 e. The third kappa shape index (κ3) is 3.78. The van der Waals surface area contributed by atoms with Gasteiger partial charge in [0, 0.05) is 45.0 Å². The van der Waals surface area contributed by atoms with Crippen molar-refractivity contribution >= 4 is 11.6 Å². The van der Waals surface area contributed by atoms with Gasteiger partial charge in [-0.15, -0.1) is 0 Å². The van der Waals surface area contributed by atoms with Crippen molar-refractivity contribution in [3.05, 3.63) is 29.8 Å². The second-order valence-electron chi connectivity index (χ2n) is 4.65. The van der Waals surface area contributed by atoms with Gasteiger partial charge < -0.3 is 15.0 Å². The topological polar surface area (TPSA) is 41.6 Å². The first-order chi connectivity index (χ1) is 9.33. The number of benzene rings is 1. The lowest BCUT2D eigenvalue weighted by Gasteiger charge is -2.22. The number of para-hydroxylation sites is 1. The molecule has 4 nitrogen and oxygen atoms in total. The number of amides is 1. The van der Waals surface area contributed by atoms with Gasteiger partial charge in [0.15, 0.2) is 0 Å². The number of rotatable bonds is 5. The second kappa shape index (κ2) is 7.26. The fraction of sp³-hybridized carbons (Fsp3) is 0.533. The standard InChI is InChI=1S/C15H22N2O2/c1-2-19-11-5-8-15(18)17-10-9-16-12-13-6-3-4-7-14(13)17/h3-4,6-7,16H,2,5,8-12H2,1H3. The van der Waals surface area contributed by atoms with Crippen molar-refractivity contribution in [2.24, 2.45) is 0 Å². The molecule has 0 radical (unpaired) electrons. The molecule has 1 aliphatic rings. The number of carbonyl (C=O) groups excluding carboxylic acids is 1. The van der Waals surface area contributed by atoms with Crippen molar-refractivity contribution in [3.8, 4) is 0 Å². The van der Waals surface area contributed by atoms with Crippen molar-refractivity contribution in [1.82, 2.24) is 5.32 Å². The molecule has 0 atom stereocenters. The van der Waals surface area contributed by atoms with Gasteiger partial charge in [-0.2, -0.15) is 0 Å². The van der Waals surface area contributed by atoms with Crippen molar-refractivity contribution in [1.29, 1.82) is 0 Å². The van der Waals surface area contributed by atoms with Gasteiger partial charge in [0.25, 0.3) is 0 Å². The van der Waals surface area contributed by atoms with E-state index < -0.39 is 0 Å². The Morgan fingerprint density at radius 3 is 3.11 bits per heavy atom. The van der Waals surface area contributed by atoms with Crippen molar-refractivity contribution in [3.63, 3.8) is 0 Å². The summed E-state index contributed by atoms with van der Waals surface area (Å²) in [6.07, 6.45) is 1.34. The van der Waals surface area contributed by atoms with Gasteiger partial charge in [-0.25, -0.2) is 0 Å². The van der Waals surface area contributed by atoms with Crippen LogP contribution in [0, 0.1) is 0 Å². The normalized spacial score (nSPS) is 14.9. The average Bonchev–Trinajstić information content (AvgIpc) is 2.66. The average molecular weight is 262 g/mol. The Hall–Kier alpha value is -1.39. The Balaban J connectivity index is 2.00. The summed E-state index contributed by atoms with van der Waals surface area (Å²) in [5, 5.41) is 3.35. The molecule has 0 fully saturated rings. The summed E-state index contributed by atoms with van der Waals surface area (Å²) < 4.78 is 5.28. The van der Waals surface area contributed by atoms with E-state index >= 15 is 0 Å². The molecule has 4 heteroatoms. The van der Waals surface area contributed by atoms with Crippen LogP contribution < -0.4 is 10.2 Å². The van der Waals surface area contributed by atoms with E-state index in [1.165, 1.54) is 5.56 Å². The van der Waals surface area contributed by atoms with Gasteiger partial charge in [0.1, 0.15) is 0 Å². The number of hydrogen-bond donors (Lipinski definition) is 1. The van der Waals surface area contributed by atoms with Crippen molar-refractivity contribution < 1.29 is 9.53 Å². The maximum absolute atomic E-state index is 12.3. The number of fused-ring (bicyclic) bond motifs is 1. The molecule has 0 aliphatic carbocycles. The van der Waals surface area contributed by atoms with Gasteiger partial charge in [-0.1, -0.05) is 18.2 Å². The lowest BCUT2D eigenvalue weighted by atomic mass is 10.1. The predicted molar refractivity (Wildman–Crippen MR) is 76.2 cm³/mol. The minimum absolute atomic E-state index is 0.191. The largest absolute Gasteiger partial charge is 0.382 e. The monoisotopic (exact) mass is 262 g/mol. The zero-order chi connectivity index (χ0) is 13.5. The number of carbonyl (C=O) groups is 1. The first-order valence-corrected chi connectivity index (χ1v) is 6.99. The molecule has 0 saturated heterocycles. The van der Waals surface area contributed by atoms with Crippen LogP contribution in [0.25, 0.3) is 0 Å². The first kappa shape index (κ1) is 14.0. The van der Waals surface area contributed by atoms with E-state index in [4.69, 9.17) is 4.74 Å². The number of hydrogen-bond acceptors (Lipinski definition) is 3. The Kier molecular flexibility index (Phi) is 5.36. The summed E-state index contributed by atoms with van der Waals surface area (Å²) >= 11 is 0. The summed E-state index contributed by atoms with van der Waals surface area (Å²) in [7, 11) is 0. The van der Waals surface area contributed by atoms with Gasteiger partial charge in [-0.05, 0) is 25.0 Å². The van der Waals surface area contributed by atoms with Crippen LogP contribution in [0.4, 0.5) is 5.69 Å². The van der Waals surface area contributed by atoms with Crippen LogP contribution in [0.3, 0.4) is 0 Å². The van der Waals surface area contributed by atoms with Gasteiger partial charge in [-0.3, -0.25) is 4.79 Å². The molecule has 1 aromatic carbocycles. The molecular formula is C15H22N2O2. The quantitative estimate of drug-likeness (QED) is 0.825. The van der Waals surface area contributed by atoms with Crippen LogP contribution in [0.2, 0.25) is 0 Å². The van der Waals surface area contributed by atoms with E-state index in [1.54, 1.807) is 0 Å². The van der Waals surface area contributed by atoms with E-state index in [2.05, 4.69) is 11.4 Å². The van der Waals surface area contributed by atoms with Crippen molar-refractivity contribution in [2.75, 3.05) is 31.2 Å². The Morgan fingerprint density at radius 2 is 2.26 bits per heavy atom. The highest BCUT2D eigenvalue weighted by molar-refractivity contribution is 5.94. The fourth-order valence-electron chi connectivity index (χ4n) is 2.32. The molecule has 0 unspecified atom stereocenters. The van der Waals surface area contributed by atoms with E-state index in [0.29, 0.717) is 19.6 Å². The molecule has 1 N–H and O–H groups in total. The number of nitrogens with one attached hydrogen (secondary N) is 1. The molecule has 2 rings (SSSR count). The molecule has 19 heavy (non-hydrogen) atoms. The van der Waals surface area contributed by atoms with Crippen LogP contribution in [0.5, 0.6) is 0 Å². The number of nitrogens with zero attached hydrogens (tertiary/aromatic N) is 1. The maximum atomic E-state index is 12.3. The molecule has 0 bridgehead atoms. The van der Waals surface area contributed by atoms with Crippen LogP contribution in [-0.2, 0) is 16.1 Å². The van der Waals surface area contributed by atoms with Crippen LogP contribution >= 0.6 is 0 Å². The highest BCUT2D eigenvalue weighted by Crippen LogP contribution is 2.22. The minimum Gasteiger partial charge on any atom is -0.382 e. The Morgan fingerprint density at radius 1 is 1.42 bits per heavy atom. The molecule has 0 aromatic heterocycles.